The largest absolute Gasteiger partial charge is 0.310 e. The minimum Gasteiger partial charge on any atom is -0.310 e. The summed E-state index contributed by atoms with van der Waals surface area (Å²) in [5.41, 5.74) is 1.86. The lowest BCUT2D eigenvalue weighted by molar-refractivity contribution is 0.542. The summed E-state index contributed by atoms with van der Waals surface area (Å²) in [5, 5.41) is 3.48. The van der Waals surface area contributed by atoms with Crippen molar-refractivity contribution in [1.82, 2.24) is 5.32 Å². The van der Waals surface area contributed by atoms with Crippen LogP contribution in [0.4, 0.5) is 8.78 Å². The topological polar surface area (TPSA) is 12.0 Å². The number of rotatable bonds is 5. The van der Waals surface area contributed by atoms with Crippen molar-refractivity contribution >= 4 is 34.2 Å². The van der Waals surface area contributed by atoms with Gasteiger partial charge in [-0.15, -0.1) is 0 Å². The Bertz CT molecular complexity index is 634. The van der Waals surface area contributed by atoms with Crippen molar-refractivity contribution in [2.45, 2.75) is 19.4 Å². The first-order chi connectivity index (χ1) is 10.0. The fourth-order valence-corrected chi connectivity index (χ4v) is 3.20. The molecule has 1 nitrogen and oxygen atoms in total. The summed E-state index contributed by atoms with van der Waals surface area (Å²) in [7, 11) is 0. The Morgan fingerprint density at radius 1 is 1.19 bits per heavy atom. The summed E-state index contributed by atoms with van der Waals surface area (Å²) in [6, 6.07) is 9.55. The predicted molar refractivity (Wildman–Crippen MR) is 90.6 cm³/mol. The fourth-order valence-electron chi connectivity index (χ4n) is 2.22. The zero-order chi connectivity index (χ0) is 15.4. The average molecular weight is 422 g/mol. The molecule has 0 aliphatic carbocycles. The van der Waals surface area contributed by atoms with Crippen LogP contribution in [0, 0.1) is 15.2 Å². The van der Waals surface area contributed by atoms with Gasteiger partial charge in [-0.25, -0.2) is 8.78 Å². The number of benzene rings is 2. The van der Waals surface area contributed by atoms with Crippen LogP contribution in [0.5, 0.6) is 0 Å². The van der Waals surface area contributed by atoms with Gasteiger partial charge in [0.1, 0.15) is 11.6 Å². The Kier molecular flexibility index (Phi) is 5.96. The summed E-state index contributed by atoms with van der Waals surface area (Å²) in [4.78, 5) is 0. The molecule has 2 aromatic carbocycles. The van der Waals surface area contributed by atoms with E-state index >= 15 is 0 Å². The molecule has 0 aliphatic rings. The van der Waals surface area contributed by atoms with E-state index in [9.17, 15) is 8.78 Å². The molecule has 0 heterocycles. The first-order valence-electron chi connectivity index (χ1n) is 6.63. The first kappa shape index (κ1) is 16.6. The molecule has 112 valence electrons. The van der Waals surface area contributed by atoms with Gasteiger partial charge < -0.3 is 5.32 Å². The molecule has 1 N–H and O–H groups in total. The van der Waals surface area contributed by atoms with Gasteiger partial charge in [-0.3, -0.25) is 0 Å². The number of likely N-dealkylation sites (N-methyl/N-ethyl adjacent to an activating group) is 1. The van der Waals surface area contributed by atoms with Gasteiger partial charge in [-0.1, -0.05) is 30.7 Å². The third-order valence-corrected chi connectivity index (χ3v) is 4.45. The zero-order valence-electron chi connectivity index (χ0n) is 11.5. The standard InChI is InChI=1S/C16H15ClF2IN/c1-2-21-16(12-5-4-11(18)9-15(12)20)8-10-3-6-13(17)14(19)7-10/h3-7,9,16,21H,2,8H2,1H3. The molecule has 0 bridgehead atoms. The van der Waals surface area contributed by atoms with E-state index in [1.54, 1.807) is 12.1 Å². The number of nitrogens with one attached hydrogen (secondary N) is 1. The molecular weight excluding hydrogens is 407 g/mol. The zero-order valence-corrected chi connectivity index (χ0v) is 14.4. The van der Waals surface area contributed by atoms with Crippen LogP contribution >= 0.6 is 34.2 Å². The van der Waals surface area contributed by atoms with E-state index in [2.05, 4.69) is 27.9 Å². The predicted octanol–water partition coefficient (Wildman–Crippen LogP) is 5.12. The van der Waals surface area contributed by atoms with Crippen molar-refractivity contribution in [3.63, 3.8) is 0 Å². The molecule has 2 rings (SSSR count). The van der Waals surface area contributed by atoms with Crippen molar-refractivity contribution in [3.05, 3.63) is 67.8 Å². The third-order valence-electron chi connectivity index (χ3n) is 3.21. The van der Waals surface area contributed by atoms with Gasteiger partial charge >= 0.3 is 0 Å². The molecule has 1 atom stereocenters. The summed E-state index contributed by atoms with van der Waals surface area (Å²) in [6.07, 6.45) is 0.615. The SMILES string of the molecule is CCNC(Cc1ccc(Cl)c(F)c1)c1ccc(F)cc1I. The number of hydrogen-bond donors (Lipinski definition) is 1. The second-order valence-corrected chi connectivity index (χ2v) is 6.30. The van der Waals surface area contributed by atoms with E-state index in [-0.39, 0.29) is 16.9 Å². The molecule has 0 fully saturated rings. The number of hydrogen-bond acceptors (Lipinski definition) is 1. The van der Waals surface area contributed by atoms with Crippen molar-refractivity contribution in [1.29, 1.82) is 0 Å². The van der Waals surface area contributed by atoms with Gasteiger partial charge in [0.05, 0.1) is 5.02 Å². The van der Waals surface area contributed by atoms with Gasteiger partial charge in [-0.05, 0) is 70.9 Å². The second kappa shape index (κ2) is 7.51. The van der Waals surface area contributed by atoms with Gasteiger partial charge in [0.2, 0.25) is 0 Å². The molecule has 0 saturated carbocycles. The van der Waals surface area contributed by atoms with Crippen molar-refractivity contribution < 1.29 is 8.78 Å². The first-order valence-corrected chi connectivity index (χ1v) is 8.09. The molecule has 5 heteroatoms. The fraction of sp³-hybridized carbons (Fsp3) is 0.250. The maximum atomic E-state index is 13.5. The lowest BCUT2D eigenvalue weighted by Crippen LogP contribution is -2.24. The molecule has 2 aromatic rings. The van der Waals surface area contributed by atoms with Crippen molar-refractivity contribution in [2.75, 3.05) is 6.54 Å². The normalized spacial score (nSPS) is 12.4. The van der Waals surface area contributed by atoms with Crippen LogP contribution in [0.1, 0.15) is 24.1 Å². The molecule has 1 unspecified atom stereocenters. The highest BCUT2D eigenvalue weighted by Crippen LogP contribution is 2.25. The van der Waals surface area contributed by atoms with Gasteiger partial charge in [0.15, 0.2) is 0 Å². The van der Waals surface area contributed by atoms with E-state index in [1.807, 2.05) is 13.0 Å². The molecule has 0 aliphatic heterocycles. The maximum Gasteiger partial charge on any atom is 0.142 e. The Morgan fingerprint density at radius 3 is 2.57 bits per heavy atom. The van der Waals surface area contributed by atoms with E-state index in [4.69, 9.17) is 11.6 Å². The van der Waals surface area contributed by atoms with Crippen LogP contribution in [-0.2, 0) is 6.42 Å². The highest BCUT2D eigenvalue weighted by molar-refractivity contribution is 14.1. The Morgan fingerprint density at radius 2 is 1.95 bits per heavy atom. The monoisotopic (exact) mass is 421 g/mol. The summed E-state index contributed by atoms with van der Waals surface area (Å²) < 4.78 is 27.6. The van der Waals surface area contributed by atoms with E-state index in [0.29, 0.717) is 6.42 Å². The quantitative estimate of drug-likeness (QED) is 0.661. The van der Waals surface area contributed by atoms with Crippen LogP contribution in [0.2, 0.25) is 5.02 Å². The summed E-state index contributed by atoms with van der Waals surface area (Å²) in [6.45, 7) is 2.78. The van der Waals surface area contributed by atoms with Crippen LogP contribution in [0.25, 0.3) is 0 Å². The lowest BCUT2D eigenvalue weighted by Gasteiger charge is -2.20. The Labute approximate surface area is 141 Å². The van der Waals surface area contributed by atoms with Crippen LogP contribution in [-0.4, -0.2) is 6.54 Å². The maximum absolute atomic E-state index is 13.5. The van der Waals surface area contributed by atoms with E-state index in [1.165, 1.54) is 18.2 Å². The Balaban J connectivity index is 2.28. The van der Waals surface area contributed by atoms with Gasteiger partial charge in [0.25, 0.3) is 0 Å². The van der Waals surface area contributed by atoms with E-state index in [0.717, 1.165) is 21.2 Å². The second-order valence-electron chi connectivity index (χ2n) is 4.73. The lowest BCUT2D eigenvalue weighted by atomic mass is 9.98. The summed E-state index contributed by atoms with van der Waals surface area (Å²) in [5.74, 6) is -0.672. The molecule has 0 aromatic heterocycles. The van der Waals surface area contributed by atoms with Crippen LogP contribution in [0.3, 0.4) is 0 Å². The van der Waals surface area contributed by atoms with E-state index < -0.39 is 5.82 Å². The molecule has 0 saturated heterocycles. The van der Waals surface area contributed by atoms with Crippen LogP contribution < -0.4 is 5.32 Å². The van der Waals surface area contributed by atoms with Crippen LogP contribution in [0.15, 0.2) is 36.4 Å². The third kappa shape index (κ3) is 4.37. The molecular formula is C16H15ClF2IN. The van der Waals surface area contributed by atoms with Crippen molar-refractivity contribution in [2.24, 2.45) is 0 Å². The number of halogens is 4. The van der Waals surface area contributed by atoms with Gasteiger partial charge in [0, 0.05) is 9.61 Å². The summed E-state index contributed by atoms with van der Waals surface area (Å²) >= 11 is 7.82. The van der Waals surface area contributed by atoms with Crippen molar-refractivity contribution in [3.8, 4) is 0 Å². The Hall–Kier alpha value is -0.720. The smallest absolute Gasteiger partial charge is 0.142 e. The highest BCUT2D eigenvalue weighted by Gasteiger charge is 2.15. The molecule has 21 heavy (non-hydrogen) atoms. The highest BCUT2D eigenvalue weighted by atomic mass is 127. The van der Waals surface area contributed by atoms with Gasteiger partial charge in [-0.2, -0.15) is 0 Å². The minimum atomic E-state index is -0.418. The molecule has 0 radical (unpaired) electrons. The molecule has 0 amide bonds. The molecule has 0 spiro atoms. The average Bonchev–Trinajstić information content (AvgIpc) is 2.42. The minimum absolute atomic E-state index is 0.00285.